The summed E-state index contributed by atoms with van der Waals surface area (Å²) in [6.45, 7) is 2.42. The van der Waals surface area contributed by atoms with Crippen LogP contribution in [0.2, 0.25) is 0 Å². The van der Waals surface area contributed by atoms with E-state index >= 15 is 0 Å². The van der Waals surface area contributed by atoms with Crippen molar-refractivity contribution in [2.24, 2.45) is 11.8 Å². The van der Waals surface area contributed by atoms with Crippen LogP contribution in [-0.4, -0.2) is 37.5 Å². The molecule has 1 heterocycles. The Morgan fingerprint density at radius 1 is 1.17 bits per heavy atom. The zero-order chi connectivity index (χ0) is 8.77. The van der Waals surface area contributed by atoms with Gasteiger partial charge in [-0.05, 0) is 6.42 Å². The largest absolute Gasteiger partial charge is 0.328 e. The summed E-state index contributed by atoms with van der Waals surface area (Å²) in [6, 6.07) is 0. The van der Waals surface area contributed by atoms with Crippen LogP contribution in [0.1, 0.15) is 19.3 Å². The number of Topliss-reactive ketones (excluding diaryl/α,β-unsaturated/α-hetero) is 1. The number of carbonyl (C=O) groups excluding carboxylic acids is 1. The van der Waals surface area contributed by atoms with Gasteiger partial charge in [0.2, 0.25) is 0 Å². The van der Waals surface area contributed by atoms with Crippen molar-refractivity contribution < 1.29 is 9.28 Å². The lowest BCUT2D eigenvalue weighted by Crippen LogP contribution is -2.53. The molecule has 0 aromatic carbocycles. The highest BCUT2D eigenvalue weighted by atomic mass is 16.1. The summed E-state index contributed by atoms with van der Waals surface area (Å²) < 4.78 is 1.13. The Bertz CT molecular complexity index is 192. The summed E-state index contributed by atoms with van der Waals surface area (Å²) in [7, 11) is 4.57. The van der Waals surface area contributed by atoms with Gasteiger partial charge in [-0.2, -0.15) is 0 Å². The molecule has 0 amide bonds. The number of nitrogens with zero attached hydrogens (tertiary/aromatic N) is 1. The molecule has 2 nitrogen and oxygen atoms in total. The second-order valence-electron chi connectivity index (χ2n) is 5.22. The Kier molecular flexibility index (Phi) is 1.76. The molecule has 12 heavy (non-hydrogen) atoms. The minimum atomic E-state index is 0.510. The molecule has 1 aliphatic carbocycles. The van der Waals surface area contributed by atoms with Crippen LogP contribution in [0, 0.1) is 11.8 Å². The van der Waals surface area contributed by atoms with Crippen molar-refractivity contribution in [2.45, 2.75) is 19.3 Å². The smallest absolute Gasteiger partial charge is 0.133 e. The van der Waals surface area contributed by atoms with Gasteiger partial charge in [-0.1, -0.05) is 0 Å². The monoisotopic (exact) mass is 168 g/mol. The maximum absolute atomic E-state index is 11.3. The molecule has 0 spiro atoms. The molecular weight excluding hydrogens is 150 g/mol. The average Bonchev–Trinajstić information content (AvgIpc) is 1.78. The van der Waals surface area contributed by atoms with Gasteiger partial charge in [0.15, 0.2) is 0 Å². The molecule has 2 atom stereocenters. The van der Waals surface area contributed by atoms with Gasteiger partial charge >= 0.3 is 0 Å². The molecule has 2 aliphatic rings. The molecule has 2 unspecified atom stereocenters. The lowest BCUT2D eigenvalue weighted by Gasteiger charge is -2.44. The van der Waals surface area contributed by atoms with E-state index in [4.69, 9.17) is 0 Å². The highest BCUT2D eigenvalue weighted by molar-refractivity contribution is 5.79. The van der Waals surface area contributed by atoms with Crippen LogP contribution in [0.3, 0.4) is 0 Å². The van der Waals surface area contributed by atoms with Gasteiger partial charge in [-0.25, -0.2) is 0 Å². The second kappa shape index (κ2) is 2.56. The van der Waals surface area contributed by atoms with Crippen LogP contribution in [-0.2, 0) is 4.79 Å². The van der Waals surface area contributed by atoms with E-state index in [1.54, 1.807) is 0 Å². The first-order valence-corrected chi connectivity index (χ1v) is 4.89. The molecule has 2 rings (SSSR count). The second-order valence-corrected chi connectivity index (χ2v) is 5.22. The first-order valence-electron chi connectivity index (χ1n) is 4.89. The summed E-state index contributed by atoms with van der Waals surface area (Å²) in [5.41, 5.74) is 0. The third-order valence-corrected chi connectivity index (χ3v) is 3.20. The number of rotatable bonds is 0. The predicted molar refractivity (Wildman–Crippen MR) is 47.7 cm³/mol. The van der Waals surface area contributed by atoms with Crippen molar-refractivity contribution in [3.63, 3.8) is 0 Å². The molecule has 2 fully saturated rings. The average molecular weight is 168 g/mol. The Labute approximate surface area is 74.1 Å². The van der Waals surface area contributed by atoms with Crippen LogP contribution in [0.4, 0.5) is 0 Å². The van der Waals surface area contributed by atoms with E-state index in [9.17, 15) is 4.79 Å². The van der Waals surface area contributed by atoms with E-state index in [-0.39, 0.29) is 0 Å². The minimum absolute atomic E-state index is 0.510. The molecular formula is C10H18NO+. The lowest BCUT2D eigenvalue weighted by atomic mass is 9.76. The predicted octanol–water partition coefficient (Wildman–Crippen LogP) is 1.06. The van der Waals surface area contributed by atoms with Crippen molar-refractivity contribution >= 4 is 5.78 Å². The Balaban J connectivity index is 2.10. The molecule has 68 valence electrons. The van der Waals surface area contributed by atoms with Crippen molar-refractivity contribution in [3.8, 4) is 0 Å². The summed E-state index contributed by atoms with van der Waals surface area (Å²) >= 11 is 0. The Morgan fingerprint density at radius 2 is 1.67 bits per heavy atom. The Morgan fingerprint density at radius 3 is 2.17 bits per heavy atom. The van der Waals surface area contributed by atoms with E-state index in [1.165, 1.54) is 19.5 Å². The quantitative estimate of drug-likeness (QED) is 0.494. The minimum Gasteiger partial charge on any atom is -0.328 e. The van der Waals surface area contributed by atoms with Gasteiger partial charge in [-0.15, -0.1) is 0 Å². The number of likely N-dealkylation sites (tertiary alicyclic amines) is 1. The normalized spacial score (nSPS) is 39.7. The molecule has 0 aromatic rings. The van der Waals surface area contributed by atoms with E-state index in [2.05, 4.69) is 14.1 Å². The Hall–Kier alpha value is -0.370. The van der Waals surface area contributed by atoms with Crippen LogP contribution in [0.5, 0.6) is 0 Å². The zero-order valence-electron chi connectivity index (χ0n) is 8.05. The van der Waals surface area contributed by atoms with E-state index in [0.717, 1.165) is 17.3 Å². The van der Waals surface area contributed by atoms with E-state index < -0.39 is 0 Å². The van der Waals surface area contributed by atoms with Gasteiger partial charge in [0.05, 0.1) is 27.2 Å². The lowest BCUT2D eigenvalue weighted by molar-refractivity contribution is -0.902. The molecule has 2 bridgehead atoms. The number of hydrogen-bond donors (Lipinski definition) is 0. The van der Waals surface area contributed by atoms with Gasteiger partial charge < -0.3 is 4.48 Å². The summed E-state index contributed by atoms with van der Waals surface area (Å²) in [6.07, 6.45) is 3.03. The first kappa shape index (κ1) is 8.24. The molecule has 0 aromatic heterocycles. The number of ketones is 1. The van der Waals surface area contributed by atoms with Crippen LogP contribution in [0.25, 0.3) is 0 Å². The molecule has 1 aliphatic heterocycles. The van der Waals surface area contributed by atoms with E-state index in [0.29, 0.717) is 17.6 Å². The fourth-order valence-electron chi connectivity index (χ4n) is 3.12. The molecule has 0 N–H and O–H groups in total. The van der Waals surface area contributed by atoms with Crippen molar-refractivity contribution in [3.05, 3.63) is 0 Å². The van der Waals surface area contributed by atoms with Gasteiger partial charge in [0.25, 0.3) is 0 Å². The zero-order valence-corrected chi connectivity index (χ0v) is 8.05. The summed E-state index contributed by atoms with van der Waals surface area (Å²) in [5.74, 6) is 1.90. The van der Waals surface area contributed by atoms with Crippen molar-refractivity contribution in [1.29, 1.82) is 0 Å². The number of hydrogen-bond acceptors (Lipinski definition) is 1. The van der Waals surface area contributed by atoms with Gasteiger partial charge in [0.1, 0.15) is 5.78 Å². The number of carbonyl (C=O) groups is 1. The van der Waals surface area contributed by atoms with Gasteiger partial charge in [0, 0.05) is 24.7 Å². The third kappa shape index (κ3) is 1.53. The van der Waals surface area contributed by atoms with E-state index in [1.807, 2.05) is 0 Å². The first-order chi connectivity index (χ1) is 5.55. The van der Waals surface area contributed by atoms with Crippen LogP contribution in [0.15, 0.2) is 0 Å². The summed E-state index contributed by atoms with van der Waals surface area (Å²) in [4.78, 5) is 11.3. The SMILES string of the molecule is C[N+]1(C)CC2CC(=O)CC(C2)C1. The number of fused-ring (bicyclic) bond motifs is 2. The molecule has 0 radical (unpaired) electrons. The van der Waals surface area contributed by atoms with Gasteiger partial charge in [-0.3, -0.25) is 4.79 Å². The van der Waals surface area contributed by atoms with Crippen molar-refractivity contribution in [1.82, 2.24) is 0 Å². The molecule has 1 saturated heterocycles. The van der Waals surface area contributed by atoms with Crippen molar-refractivity contribution in [2.75, 3.05) is 27.2 Å². The van der Waals surface area contributed by atoms with Crippen LogP contribution >= 0.6 is 0 Å². The third-order valence-electron chi connectivity index (χ3n) is 3.20. The maximum Gasteiger partial charge on any atom is 0.133 e. The maximum atomic E-state index is 11.3. The fraction of sp³-hybridized carbons (Fsp3) is 0.900. The fourth-order valence-corrected chi connectivity index (χ4v) is 3.12. The topological polar surface area (TPSA) is 17.1 Å². The number of quaternary nitrogens is 1. The van der Waals surface area contributed by atoms with Crippen LogP contribution < -0.4 is 0 Å². The highest BCUT2D eigenvalue weighted by Crippen LogP contribution is 2.34. The molecule has 1 saturated carbocycles. The highest BCUT2D eigenvalue weighted by Gasteiger charge is 2.39. The molecule has 2 heteroatoms. The number of piperidine rings is 1. The summed E-state index contributed by atoms with van der Waals surface area (Å²) in [5, 5.41) is 0. The standard InChI is InChI=1S/C10H18NO/c1-11(2)6-8-3-9(7-11)5-10(12)4-8/h8-9H,3-7H2,1-2H3/q+1.